The first-order chi connectivity index (χ1) is 8.06. The first kappa shape index (κ1) is 13.9. The SMILES string of the molecule is COCCNC(=S)NC(C)c1c(C)noc1C. The number of thiocarbonyl (C=S) groups is 1. The van der Waals surface area contributed by atoms with Gasteiger partial charge in [0.15, 0.2) is 5.11 Å². The Kier molecular flexibility index (Phi) is 5.37. The molecule has 0 aliphatic heterocycles. The van der Waals surface area contributed by atoms with Gasteiger partial charge < -0.3 is 19.9 Å². The lowest BCUT2D eigenvalue weighted by molar-refractivity contribution is 0.204. The molecule has 0 radical (unpaired) electrons. The van der Waals surface area contributed by atoms with E-state index in [2.05, 4.69) is 15.8 Å². The molecule has 96 valence electrons. The molecule has 0 bridgehead atoms. The maximum Gasteiger partial charge on any atom is 0.166 e. The van der Waals surface area contributed by atoms with E-state index < -0.39 is 0 Å². The second-order valence-corrected chi connectivity index (χ2v) is 4.26. The molecular weight excluding hydrogens is 238 g/mol. The predicted molar refractivity (Wildman–Crippen MR) is 70.0 cm³/mol. The minimum absolute atomic E-state index is 0.0730. The summed E-state index contributed by atoms with van der Waals surface area (Å²) in [5.74, 6) is 0.821. The topological polar surface area (TPSA) is 59.3 Å². The number of aromatic nitrogens is 1. The molecule has 0 saturated heterocycles. The van der Waals surface area contributed by atoms with E-state index in [1.54, 1.807) is 7.11 Å². The van der Waals surface area contributed by atoms with Gasteiger partial charge in [0, 0.05) is 19.2 Å². The van der Waals surface area contributed by atoms with Crippen LogP contribution in [0.25, 0.3) is 0 Å². The van der Waals surface area contributed by atoms with Crippen LogP contribution >= 0.6 is 12.2 Å². The highest BCUT2D eigenvalue weighted by molar-refractivity contribution is 7.80. The third-order valence-electron chi connectivity index (χ3n) is 2.46. The van der Waals surface area contributed by atoms with Gasteiger partial charge in [0.05, 0.1) is 18.3 Å². The summed E-state index contributed by atoms with van der Waals surface area (Å²) < 4.78 is 10.1. The molecule has 6 heteroatoms. The van der Waals surface area contributed by atoms with Crippen LogP contribution in [0.2, 0.25) is 0 Å². The molecule has 0 fully saturated rings. The minimum Gasteiger partial charge on any atom is -0.383 e. The van der Waals surface area contributed by atoms with E-state index in [-0.39, 0.29) is 6.04 Å². The monoisotopic (exact) mass is 257 g/mol. The van der Waals surface area contributed by atoms with Crippen molar-refractivity contribution in [2.45, 2.75) is 26.8 Å². The van der Waals surface area contributed by atoms with Gasteiger partial charge in [-0.2, -0.15) is 0 Å². The van der Waals surface area contributed by atoms with Crippen LogP contribution in [0, 0.1) is 13.8 Å². The lowest BCUT2D eigenvalue weighted by Gasteiger charge is -2.16. The first-order valence-electron chi connectivity index (χ1n) is 5.52. The van der Waals surface area contributed by atoms with Crippen LogP contribution in [0.5, 0.6) is 0 Å². The maximum atomic E-state index is 5.18. The number of hydrogen-bond acceptors (Lipinski definition) is 4. The molecule has 1 rings (SSSR count). The summed E-state index contributed by atoms with van der Waals surface area (Å²) in [7, 11) is 1.66. The number of hydrogen-bond donors (Lipinski definition) is 2. The van der Waals surface area contributed by atoms with Gasteiger partial charge in [-0.15, -0.1) is 0 Å². The largest absolute Gasteiger partial charge is 0.383 e. The number of nitrogens with one attached hydrogen (secondary N) is 2. The lowest BCUT2D eigenvalue weighted by atomic mass is 10.1. The van der Waals surface area contributed by atoms with Gasteiger partial charge in [0.25, 0.3) is 0 Å². The van der Waals surface area contributed by atoms with Crippen LogP contribution in [0.15, 0.2) is 4.52 Å². The molecule has 17 heavy (non-hydrogen) atoms. The molecule has 0 spiro atoms. The van der Waals surface area contributed by atoms with Gasteiger partial charge in [0.1, 0.15) is 5.76 Å². The number of aryl methyl sites for hydroxylation is 2. The molecule has 1 aromatic rings. The number of nitrogens with zero attached hydrogens (tertiary/aromatic N) is 1. The van der Waals surface area contributed by atoms with E-state index in [9.17, 15) is 0 Å². The summed E-state index contributed by atoms with van der Waals surface area (Å²) in [5.41, 5.74) is 1.95. The van der Waals surface area contributed by atoms with Crippen molar-refractivity contribution in [1.82, 2.24) is 15.8 Å². The van der Waals surface area contributed by atoms with Gasteiger partial charge in [-0.3, -0.25) is 0 Å². The number of methoxy groups -OCH3 is 1. The molecule has 0 aliphatic carbocycles. The second kappa shape index (κ2) is 6.56. The first-order valence-corrected chi connectivity index (χ1v) is 5.93. The van der Waals surface area contributed by atoms with Gasteiger partial charge in [0.2, 0.25) is 0 Å². The Morgan fingerprint density at radius 1 is 1.53 bits per heavy atom. The highest BCUT2D eigenvalue weighted by atomic mass is 32.1. The smallest absolute Gasteiger partial charge is 0.166 e. The highest BCUT2D eigenvalue weighted by Crippen LogP contribution is 2.20. The summed E-state index contributed by atoms with van der Waals surface area (Å²) in [5, 5.41) is 10.8. The van der Waals surface area contributed by atoms with Crippen molar-refractivity contribution >= 4 is 17.3 Å². The molecule has 2 N–H and O–H groups in total. The van der Waals surface area contributed by atoms with E-state index in [4.69, 9.17) is 21.5 Å². The number of rotatable bonds is 5. The van der Waals surface area contributed by atoms with Gasteiger partial charge in [-0.05, 0) is 33.0 Å². The van der Waals surface area contributed by atoms with Crippen LogP contribution in [-0.4, -0.2) is 30.5 Å². The standard InChI is InChI=1S/C11H19N3O2S/c1-7(10-8(2)14-16-9(10)3)13-11(17)12-5-6-15-4/h7H,5-6H2,1-4H3,(H2,12,13,17). The Morgan fingerprint density at radius 2 is 2.24 bits per heavy atom. The Labute approximate surface area is 107 Å². The Bertz CT molecular complexity index is 359. The quantitative estimate of drug-likeness (QED) is 0.615. The molecule has 5 nitrogen and oxygen atoms in total. The fraction of sp³-hybridized carbons (Fsp3) is 0.636. The predicted octanol–water partition coefficient (Wildman–Crippen LogP) is 1.46. The van der Waals surface area contributed by atoms with Crippen LogP contribution in [0.3, 0.4) is 0 Å². The summed E-state index contributed by atoms with van der Waals surface area (Å²) in [6.07, 6.45) is 0. The third kappa shape index (κ3) is 3.98. The maximum absolute atomic E-state index is 5.18. The minimum atomic E-state index is 0.0730. The molecular formula is C11H19N3O2S. The summed E-state index contributed by atoms with van der Waals surface area (Å²) in [6.45, 7) is 7.16. The van der Waals surface area contributed by atoms with Crippen molar-refractivity contribution in [3.63, 3.8) is 0 Å². The fourth-order valence-corrected chi connectivity index (χ4v) is 1.97. The molecule has 1 heterocycles. The molecule has 1 aromatic heterocycles. The van der Waals surface area contributed by atoms with Gasteiger partial charge >= 0.3 is 0 Å². The number of ether oxygens (including phenoxy) is 1. The molecule has 1 atom stereocenters. The molecule has 0 saturated carbocycles. The third-order valence-corrected chi connectivity index (χ3v) is 2.72. The lowest BCUT2D eigenvalue weighted by Crippen LogP contribution is -2.38. The van der Waals surface area contributed by atoms with Crippen molar-refractivity contribution in [3.8, 4) is 0 Å². The van der Waals surface area contributed by atoms with E-state index >= 15 is 0 Å². The van der Waals surface area contributed by atoms with E-state index in [0.29, 0.717) is 18.3 Å². The van der Waals surface area contributed by atoms with Crippen LogP contribution in [-0.2, 0) is 4.74 Å². The summed E-state index contributed by atoms with van der Waals surface area (Å²) >= 11 is 5.18. The summed E-state index contributed by atoms with van der Waals surface area (Å²) in [6, 6.07) is 0.0730. The fourth-order valence-electron chi connectivity index (χ4n) is 1.69. The average molecular weight is 257 g/mol. The van der Waals surface area contributed by atoms with Crippen LogP contribution < -0.4 is 10.6 Å². The Hall–Kier alpha value is -1.14. The normalized spacial score (nSPS) is 12.2. The van der Waals surface area contributed by atoms with Crippen LogP contribution in [0.1, 0.15) is 30.0 Å². The van der Waals surface area contributed by atoms with Gasteiger partial charge in [-0.1, -0.05) is 5.16 Å². The highest BCUT2D eigenvalue weighted by Gasteiger charge is 2.16. The zero-order chi connectivity index (χ0) is 12.8. The van der Waals surface area contributed by atoms with Crippen molar-refractivity contribution in [2.24, 2.45) is 0 Å². The molecule has 0 amide bonds. The zero-order valence-electron chi connectivity index (χ0n) is 10.7. The average Bonchev–Trinajstić information content (AvgIpc) is 2.58. The van der Waals surface area contributed by atoms with E-state index in [1.807, 2.05) is 20.8 Å². The van der Waals surface area contributed by atoms with Crippen LogP contribution in [0.4, 0.5) is 0 Å². The molecule has 1 unspecified atom stereocenters. The Balaban J connectivity index is 2.49. The molecule has 0 aromatic carbocycles. The zero-order valence-corrected chi connectivity index (χ0v) is 11.5. The van der Waals surface area contributed by atoms with E-state index in [1.165, 1.54) is 0 Å². The summed E-state index contributed by atoms with van der Waals surface area (Å²) in [4.78, 5) is 0. The van der Waals surface area contributed by atoms with Crippen molar-refractivity contribution in [2.75, 3.05) is 20.3 Å². The van der Waals surface area contributed by atoms with Gasteiger partial charge in [-0.25, -0.2) is 0 Å². The van der Waals surface area contributed by atoms with E-state index in [0.717, 1.165) is 17.0 Å². The van der Waals surface area contributed by atoms with Crippen molar-refractivity contribution < 1.29 is 9.26 Å². The van der Waals surface area contributed by atoms with Crippen molar-refractivity contribution in [1.29, 1.82) is 0 Å². The molecule has 0 aliphatic rings. The Morgan fingerprint density at radius 3 is 2.76 bits per heavy atom. The second-order valence-electron chi connectivity index (χ2n) is 3.85. The van der Waals surface area contributed by atoms with Crippen molar-refractivity contribution in [3.05, 3.63) is 17.0 Å².